The molecule has 4 unspecified atom stereocenters. The fraction of sp³-hybridized carbons (Fsp3) is 0.875. The van der Waals surface area contributed by atoms with Gasteiger partial charge in [0.05, 0.1) is 0 Å². The van der Waals surface area contributed by atoms with Gasteiger partial charge in [-0.15, -0.1) is 0 Å². The van der Waals surface area contributed by atoms with E-state index in [1.54, 1.807) is 0 Å². The molecule has 10 rings (SSSR count). The third kappa shape index (κ3) is 0.640. The number of hydrogen-bond acceptors (Lipinski definition) is 6. The number of fused-ring (bicyclic) bond motifs is 10. The van der Waals surface area contributed by atoms with Crippen LogP contribution in [0.4, 0.5) is 0 Å². The second-order valence-electron chi connectivity index (χ2n) is 16.7. The number of rotatable bonds is 20. The number of carbonyl (C=O) groups is 4. The zero-order valence-electron chi connectivity index (χ0n) is 23.7. The van der Waals surface area contributed by atoms with Crippen LogP contribution in [-0.4, -0.2) is 36.7 Å². The van der Waals surface area contributed by atoms with Crippen LogP contribution in [0.1, 0.15) is 104 Å². The zero-order chi connectivity index (χ0) is 27.0. The standard InChI is InChI=1S/C27H41O6.C5H5.Fe/c1-3-32-26(30)20-13-9-5-7-11-18-24(28)22-16-15-17-23(22)25(29)19-12-8-6-10-14-21-27(31)33-4-2;1-2-4-5-3-1;/h15-17H,3-14,18-21H2,1-2H3;1-5H;. The van der Waals surface area contributed by atoms with Gasteiger partial charge in [0.1, 0.15) is 0 Å². The van der Waals surface area contributed by atoms with E-state index in [0.29, 0.717) is 37.6 Å². The molecule has 0 aliphatic carbocycles. The van der Waals surface area contributed by atoms with Crippen molar-refractivity contribution in [2.45, 2.75) is 151 Å². The number of hydrogen-bond donors (Lipinski definition) is 0. The van der Waals surface area contributed by atoms with Crippen molar-refractivity contribution >= 4 is 23.5 Å². The van der Waals surface area contributed by atoms with Crippen molar-refractivity contribution in [3.05, 3.63) is 0 Å². The summed E-state index contributed by atoms with van der Waals surface area (Å²) in [5, 5.41) is 0. The van der Waals surface area contributed by atoms with Gasteiger partial charge in [-0.3, -0.25) is 0 Å². The molecule has 0 saturated carbocycles. The van der Waals surface area contributed by atoms with Gasteiger partial charge in [-0.25, -0.2) is 0 Å². The number of unbranched alkanes of at least 4 members (excludes halogenated alkanes) is 8. The molecule has 1 spiro atoms. The third-order valence-electron chi connectivity index (χ3n) is 19.9. The Hall–Kier alpha value is -1.20. The topological polar surface area (TPSA) is 86.7 Å². The molecule has 0 amide bonds. The van der Waals surface area contributed by atoms with Crippen LogP contribution in [0.3, 0.4) is 0 Å². The molecule has 10 heterocycles. The number of ether oxygens (including phenoxy) is 2. The summed E-state index contributed by atoms with van der Waals surface area (Å²) in [5.41, 5.74) is 0. The molecule has 10 saturated heterocycles. The van der Waals surface area contributed by atoms with Crippen molar-refractivity contribution in [3.8, 4) is 0 Å². The van der Waals surface area contributed by atoms with Gasteiger partial charge >= 0.3 is 209 Å². The summed E-state index contributed by atoms with van der Waals surface area (Å²) in [6.07, 6.45) is 12.5. The van der Waals surface area contributed by atoms with Crippen LogP contribution in [0.15, 0.2) is 0 Å². The van der Waals surface area contributed by atoms with E-state index in [1.807, 2.05) is 13.8 Å². The Labute approximate surface area is 222 Å². The fourth-order valence-corrected chi connectivity index (χ4v) is 97.2. The molecule has 0 radical (unpaired) electrons. The monoisotopic (exact) mass is 582 g/mol. The first-order valence-corrected chi connectivity index (χ1v) is 22.5. The zero-order valence-corrected chi connectivity index (χ0v) is 24.8. The molecule has 10 fully saturated rings. The molecule has 4 atom stereocenters. The van der Waals surface area contributed by atoms with Gasteiger partial charge in [-0.2, -0.15) is 0 Å². The van der Waals surface area contributed by atoms with E-state index in [4.69, 9.17) is 9.47 Å². The Morgan fingerprint density at radius 2 is 0.846 bits per heavy atom. The second kappa shape index (κ2) is 3.91. The molecule has 0 bridgehead atoms. The normalized spacial score (nSPS) is 60.1. The van der Waals surface area contributed by atoms with Crippen molar-refractivity contribution in [3.63, 3.8) is 0 Å². The van der Waals surface area contributed by atoms with E-state index in [2.05, 4.69) is 0 Å². The molecule has 6 nitrogen and oxygen atoms in total. The molecule has 10 aliphatic heterocycles. The average Bonchev–Trinajstić information content (AvgIpc) is 3.85. The second-order valence-corrected chi connectivity index (χ2v) is 40.0. The summed E-state index contributed by atoms with van der Waals surface area (Å²) in [6.45, 7) is 0.557. The molecule has 218 valence electrons. The van der Waals surface area contributed by atoms with Gasteiger partial charge in [-0.05, 0) is 13.8 Å². The van der Waals surface area contributed by atoms with Gasteiger partial charge in [0.15, 0.2) is 0 Å². The molecule has 7 heteroatoms. The number of ketones is 2. The quantitative estimate of drug-likeness (QED) is 0.0826. The van der Waals surface area contributed by atoms with Crippen molar-refractivity contribution < 1.29 is 35.2 Å². The SMILES string of the molecule is CCOC(=O)CCCCCCCC(=O)[C]12[CH]3[CH]4[CH]5[C]1(C(=O)CCCCCCCC(=O)OCC)[Fe]43521678[CH]2[CH]1[CH]6[CH]7[CH]28. The van der Waals surface area contributed by atoms with Crippen LogP contribution in [0.25, 0.3) is 0 Å². The summed E-state index contributed by atoms with van der Waals surface area (Å²) < 4.78 is 10.0. The molecular formula is C32H46FeO6. The number of esters is 2. The summed E-state index contributed by atoms with van der Waals surface area (Å²) in [6, 6.07) is 0. The molecule has 10 aliphatic rings. The first-order chi connectivity index (χ1) is 18.7. The Balaban J connectivity index is 0.776. The Morgan fingerprint density at radius 3 is 1.15 bits per heavy atom. The summed E-state index contributed by atoms with van der Waals surface area (Å²) in [5.74, 6) is 1.00. The third-order valence-corrected chi connectivity index (χ3v) is 62.6. The average molecular weight is 583 g/mol. The molecule has 0 aromatic heterocycles. The van der Waals surface area contributed by atoms with E-state index < -0.39 is 6.51 Å². The molecule has 0 aromatic carbocycles. The molecule has 39 heavy (non-hydrogen) atoms. The van der Waals surface area contributed by atoms with Crippen molar-refractivity contribution in [1.29, 1.82) is 0 Å². The van der Waals surface area contributed by atoms with Crippen LogP contribution in [0, 0.1) is 0 Å². The number of carbonyl (C=O) groups excluding carboxylic acids is 4. The predicted molar refractivity (Wildman–Crippen MR) is 143 cm³/mol. The first-order valence-electron chi connectivity index (χ1n) is 16.3. The Bertz CT molecular complexity index is 1460. The van der Waals surface area contributed by atoms with Crippen molar-refractivity contribution in [2.75, 3.05) is 13.2 Å². The first kappa shape index (κ1) is 23.4. The van der Waals surface area contributed by atoms with Crippen molar-refractivity contribution in [2.24, 2.45) is 0 Å². The van der Waals surface area contributed by atoms with E-state index >= 15 is 0 Å². The van der Waals surface area contributed by atoms with Gasteiger partial charge in [0.2, 0.25) is 0 Å². The van der Waals surface area contributed by atoms with Gasteiger partial charge in [0, 0.05) is 0 Å². The number of Topliss-reactive ketones (excluding diaryl/α,β-unsaturated/α-hetero) is 2. The maximum atomic E-state index is 14.3. The summed E-state index contributed by atoms with van der Waals surface area (Å²) in [7, 11) is 0. The molecule has 0 N–H and O–H groups in total. The van der Waals surface area contributed by atoms with E-state index in [-0.39, 0.29) is 20.6 Å². The van der Waals surface area contributed by atoms with Gasteiger partial charge in [0.25, 0.3) is 0 Å². The van der Waals surface area contributed by atoms with Gasteiger partial charge in [-0.1, -0.05) is 0 Å². The van der Waals surface area contributed by atoms with E-state index in [1.165, 1.54) is 0 Å². The van der Waals surface area contributed by atoms with Crippen molar-refractivity contribution in [1.82, 2.24) is 0 Å². The molecular weight excluding hydrogens is 536 g/mol. The summed E-state index contributed by atoms with van der Waals surface area (Å²) >= 11 is 0. The van der Waals surface area contributed by atoms with Crippen LogP contribution in [-0.2, 0) is 35.2 Å². The molecule has 0 aromatic rings. The minimum atomic E-state index is -4.03. The Kier molecular flexibility index (Phi) is 2.34. The predicted octanol–water partition coefficient (Wildman–Crippen LogP) is 7.84. The Morgan fingerprint density at radius 1 is 0.513 bits per heavy atom. The summed E-state index contributed by atoms with van der Waals surface area (Å²) in [4.78, 5) is 59.1. The minimum absolute atomic E-state index is 0.00724. The van der Waals surface area contributed by atoms with E-state index in [0.717, 1.165) is 116 Å². The fourth-order valence-electron chi connectivity index (χ4n) is 21.2. The van der Waals surface area contributed by atoms with E-state index in [9.17, 15) is 19.2 Å². The van der Waals surface area contributed by atoms with Crippen LogP contribution < -0.4 is 0 Å². The maximum absolute atomic E-state index is 14.3. The van der Waals surface area contributed by atoms with Crippen LogP contribution in [0.5, 0.6) is 0 Å². The van der Waals surface area contributed by atoms with Crippen LogP contribution in [0.2, 0.25) is 47.2 Å². The van der Waals surface area contributed by atoms with Crippen LogP contribution >= 0.6 is 0 Å². The van der Waals surface area contributed by atoms with Gasteiger partial charge < -0.3 is 0 Å².